The zero-order valence-electron chi connectivity index (χ0n) is 16.1. The van der Waals surface area contributed by atoms with Crippen LogP contribution < -0.4 is 5.32 Å². The van der Waals surface area contributed by atoms with Crippen LogP contribution in [0.4, 0.5) is 5.69 Å². The number of anilines is 1. The van der Waals surface area contributed by atoms with E-state index in [1.165, 1.54) is 38.0 Å². The summed E-state index contributed by atoms with van der Waals surface area (Å²) >= 11 is 1.45. The van der Waals surface area contributed by atoms with Gasteiger partial charge in [0, 0.05) is 24.7 Å². The molecule has 1 atom stereocenters. The van der Waals surface area contributed by atoms with Crippen molar-refractivity contribution < 1.29 is 13.2 Å². The third kappa shape index (κ3) is 5.26. The van der Waals surface area contributed by atoms with Crippen LogP contribution in [0.25, 0.3) is 0 Å². The Balaban J connectivity index is 1.87. The van der Waals surface area contributed by atoms with Gasteiger partial charge in [0.1, 0.15) is 5.25 Å². The lowest BCUT2D eigenvalue weighted by molar-refractivity contribution is -0.115. The molecule has 0 saturated heterocycles. The van der Waals surface area contributed by atoms with Crippen molar-refractivity contribution in [2.75, 3.05) is 19.4 Å². The molecule has 0 aliphatic rings. The number of nitrogens with one attached hydrogen (secondary N) is 1. The molecule has 0 aliphatic heterocycles. The van der Waals surface area contributed by atoms with Crippen molar-refractivity contribution in [3.05, 3.63) is 90.5 Å². The van der Waals surface area contributed by atoms with E-state index in [0.29, 0.717) is 5.69 Å². The van der Waals surface area contributed by atoms with Crippen LogP contribution in [0.2, 0.25) is 0 Å². The fourth-order valence-electron chi connectivity index (χ4n) is 2.69. The van der Waals surface area contributed by atoms with Crippen molar-refractivity contribution in [3.8, 4) is 0 Å². The number of carbonyl (C=O) groups is 1. The Morgan fingerprint density at radius 3 is 2.14 bits per heavy atom. The fraction of sp³-hybridized carbons (Fsp3) is 0.136. The van der Waals surface area contributed by atoms with Gasteiger partial charge in [0.2, 0.25) is 15.9 Å². The minimum atomic E-state index is -3.58. The first-order chi connectivity index (χ1) is 13.9. The molecule has 0 heterocycles. The van der Waals surface area contributed by atoms with Crippen molar-refractivity contribution >= 4 is 33.4 Å². The van der Waals surface area contributed by atoms with Crippen molar-refractivity contribution in [2.24, 2.45) is 0 Å². The molecule has 1 amide bonds. The molecule has 0 aromatic heterocycles. The summed E-state index contributed by atoms with van der Waals surface area (Å²) in [5, 5.41) is 2.39. The van der Waals surface area contributed by atoms with Crippen LogP contribution in [-0.2, 0) is 14.8 Å². The summed E-state index contributed by atoms with van der Waals surface area (Å²) in [6.45, 7) is 0. The number of benzene rings is 3. The number of thioether (sulfide) groups is 1. The minimum absolute atomic E-state index is 0.132. The van der Waals surface area contributed by atoms with Crippen LogP contribution in [-0.4, -0.2) is 32.7 Å². The molecule has 0 bridgehead atoms. The second kappa shape index (κ2) is 9.26. The van der Waals surface area contributed by atoms with E-state index in [1.807, 2.05) is 60.7 Å². The summed E-state index contributed by atoms with van der Waals surface area (Å²) in [6, 6.07) is 25.5. The Bertz CT molecular complexity index is 1070. The van der Waals surface area contributed by atoms with E-state index in [1.54, 1.807) is 12.1 Å². The van der Waals surface area contributed by atoms with Crippen LogP contribution in [0.3, 0.4) is 0 Å². The van der Waals surface area contributed by atoms with Crippen LogP contribution in [0.15, 0.2) is 94.7 Å². The highest BCUT2D eigenvalue weighted by Crippen LogP contribution is 2.36. The van der Waals surface area contributed by atoms with Crippen LogP contribution in [0, 0.1) is 0 Å². The van der Waals surface area contributed by atoms with E-state index in [2.05, 4.69) is 5.32 Å². The first kappa shape index (κ1) is 21.1. The highest BCUT2D eigenvalue weighted by Gasteiger charge is 2.23. The number of sulfonamides is 1. The van der Waals surface area contributed by atoms with Gasteiger partial charge in [0.25, 0.3) is 0 Å². The molecular formula is C22H22N2O3S2. The van der Waals surface area contributed by atoms with Gasteiger partial charge in [-0.3, -0.25) is 4.79 Å². The number of amides is 1. The Morgan fingerprint density at radius 2 is 1.52 bits per heavy atom. The maximum absolute atomic E-state index is 13.1. The summed E-state index contributed by atoms with van der Waals surface area (Å²) < 4.78 is 25.9. The highest BCUT2D eigenvalue weighted by atomic mass is 32.2. The third-order valence-electron chi connectivity index (χ3n) is 4.22. The molecule has 0 aliphatic carbocycles. The Hall–Kier alpha value is -2.61. The quantitative estimate of drug-likeness (QED) is 0.569. The average Bonchev–Trinajstić information content (AvgIpc) is 2.73. The summed E-state index contributed by atoms with van der Waals surface area (Å²) in [6.07, 6.45) is 0. The van der Waals surface area contributed by atoms with E-state index in [-0.39, 0.29) is 10.8 Å². The second-order valence-corrected chi connectivity index (χ2v) is 9.86. The predicted octanol–water partition coefficient (Wildman–Crippen LogP) is 4.41. The van der Waals surface area contributed by atoms with E-state index < -0.39 is 15.3 Å². The molecule has 1 N–H and O–H groups in total. The predicted molar refractivity (Wildman–Crippen MR) is 117 cm³/mol. The van der Waals surface area contributed by atoms with Gasteiger partial charge in [-0.05, 0) is 35.9 Å². The topological polar surface area (TPSA) is 66.5 Å². The van der Waals surface area contributed by atoms with Gasteiger partial charge >= 0.3 is 0 Å². The summed E-state index contributed by atoms with van der Waals surface area (Å²) in [5.74, 6) is -0.218. The maximum Gasteiger partial charge on any atom is 0.242 e. The Morgan fingerprint density at radius 1 is 0.897 bits per heavy atom. The maximum atomic E-state index is 13.1. The first-order valence-corrected chi connectivity index (χ1v) is 11.3. The fourth-order valence-corrected chi connectivity index (χ4v) is 4.68. The van der Waals surface area contributed by atoms with Gasteiger partial charge in [0.05, 0.1) is 4.90 Å². The van der Waals surface area contributed by atoms with Crippen molar-refractivity contribution in [1.29, 1.82) is 0 Å². The Labute approximate surface area is 175 Å². The smallest absolute Gasteiger partial charge is 0.242 e. The Kier molecular flexibility index (Phi) is 6.74. The van der Waals surface area contributed by atoms with Crippen LogP contribution in [0.1, 0.15) is 10.8 Å². The van der Waals surface area contributed by atoms with Gasteiger partial charge in [-0.2, -0.15) is 0 Å². The molecule has 0 fully saturated rings. The molecular weight excluding hydrogens is 404 g/mol. The molecule has 29 heavy (non-hydrogen) atoms. The summed E-state index contributed by atoms with van der Waals surface area (Å²) in [7, 11) is -0.630. The van der Waals surface area contributed by atoms with E-state index >= 15 is 0 Å². The van der Waals surface area contributed by atoms with Crippen molar-refractivity contribution in [3.63, 3.8) is 0 Å². The zero-order chi connectivity index (χ0) is 20.9. The molecule has 3 aromatic carbocycles. The number of rotatable bonds is 7. The third-order valence-corrected chi connectivity index (χ3v) is 7.30. The molecule has 3 rings (SSSR count). The van der Waals surface area contributed by atoms with Crippen molar-refractivity contribution in [2.45, 2.75) is 15.0 Å². The van der Waals surface area contributed by atoms with Gasteiger partial charge in [-0.1, -0.05) is 54.6 Å². The molecule has 1 unspecified atom stereocenters. The molecule has 150 valence electrons. The van der Waals surface area contributed by atoms with Gasteiger partial charge in [-0.25, -0.2) is 12.7 Å². The lowest BCUT2D eigenvalue weighted by atomic mass is 10.1. The van der Waals surface area contributed by atoms with Gasteiger partial charge in [0.15, 0.2) is 0 Å². The molecule has 7 heteroatoms. The molecule has 0 saturated carbocycles. The standard InChI is InChI=1S/C22H22N2O3S2/c1-24(2)29(26,27)20-15-9-12-18(16-20)23-22(25)21(17-10-5-3-6-11-17)28-19-13-7-4-8-14-19/h3-16,21H,1-2H3,(H,23,25). The van der Waals surface area contributed by atoms with Crippen molar-refractivity contribution in [1.82, 2.24) is 4.31 Å². The zero-order valence-corrected chi connectivity index (χ0v) is 17.8. The average molecular weight is 427 g/mol. The van der Waals surface area contributed by atoms with E-state index in [0.717, 1.165) is 14.8 Å². The summed E-state index contributed by atoms with van der Waals surface area (Å²) in [4.78, 5) is 14.2. The number of carbonyl (C=O) groups excluding carboxylic acids is 1. The number of nitrogens with zero attached hydrogens (tertiary/aromatic N) is 1. The summed E-state index contributed by atoms with van der Waals surface area (Å²) in [5.41, 5.74) is 1.31. The second-order valence-electron chi connectivity index (χ2n) is 6.53. The van der Waals surface area contributed by atoms with E-state index in [4.69, 9.17) is 0 Å². The van der Waals surface area contributed by atoms with Gasteiger partial charge in [-0.15, -0.1) is 11.8 Å². The highest BCUT2D eigenvalue weighted by molar-refractivity contribution is 8.00. The molecule has 0 spiro atoms. The van der Waals surface area contributed by atoms with E-state index in [9.17, 15) is 13.2 Å². The lowest BCUT2D eigenvalue weighted by Gasteiger charge is -2.18. The number of hydrogen-bond acceptors (Lipinski definition) is 4. The molecule has 0 radical (unpaired) electrons. The first-order valence-electron chi connectivity index (χ1n) is 8.98. The van der Waals surface area contributed by atoms with Gasteiger partial charge < -0.3 is 5.32 Å². The molecule has 3 aromatic rings. The molecule has 5 nitrogen and oxygen atoms in total. The van der Waals surface area contributed by atoms with Crippen LogP contribution >= 0.6 is 11.8 Å². The minimum Gasteiger partial charge on any atom is -0.325 e. The van der Waals surface area contributed by atoms with Crippen LogP contribution in [0.5, 0.6) is 0 Å². The monoisotopic (exact) mass is 426 g/mol. The SMILES string of the molecule is CN(C)S(=O)(=O)c1cccc(NC(=O)C(Sc2ccccc2)c2ccccc2)c1. The lowest BCUT2D eigenvalue weighted by Crippen LogP contribution is -2.23. The largest absolute Gasteiger partial charge is 0.325 e. The normalized spacial score (nSPS) is 12.5. The number of hydrogen-bond donors (Lipinski definition) is 1.